The quantitative estimate of drug-likeness (QED) is 0.492. The number of rotatable bonds is 8. The Balaban J connectivity index is 1.76. The van der Waals surface area contributed by atoms with E-state index in [0.29, 0.717) is 40.8 Å². The first kappa shape index (κ1) is 22.8. The normalized spacial score (nSPS) is 13.4. The first-order valence-electron chi connectivity index (χ1n) is 10.6. The van der Waals surface area contributed by atoms with Crippen LogP contribution in [0.2, 0.25) is 0 Å². The molecule has 0 bridgehead atoms. The van der Waals surface area contributed by atoms with Crippen LogP contribution in [-0.2, 0) is 9.59 Å². The highest BCUT2D eigenvalue weighted by atomic mass is 19.1. The number of nitrogens with one attached hydrogen (secondary N) is 1. The molecule has 0 aliphatic carbocycles. The molecule has 0 spiro atoms. The zero-order chi connectivity index (χ0) is 24.2. The number of halogens is 1. The van der Waals surface area contributed by atoms with Crippen molar-refractivity contribution in [3.63, 3.8) is 0 Å². The van der Waals surface area contributed by atoms with Crippen LogP contribution >= 0.6 is 0 Å². The largest absolute Gasteiger partial charge is 0.494 e. The number of carbonyl (C=O) groups is 2. The van der Waals surface area contributed by atoms with E-state index in [1.54, 1.807) is 42.5 Å². The molecule has 0 atom stereocenters. The zero-order valence-electron chi connectivity index (χ0n) is 18.9. The fourth-order valence-corrected chi connectivity index (χ4v) is 3.67. The highest BCUT2D eigenvalue weighted by Gasteiger charge is 2.40. The molecule has 0 radical (unpaired) electrons. The molecule has 174 valence electrons. The van der Waals surface area contributed by atoms with Crippen molar-refractivity contribution >= 4 is 28.8 Å². The van der Waals surface area contributed by atoms with E-state index in [1.165, 1.54) is 38.5 Å². The van der Waals surface area contributed by atoms with Crippen molar-refractivity contribution in [1.82, 2.24) is 0 Å². The van der Waals surface area contributed by atoms with E-state index in [4.69, 9.17) is 14.2 Å². The summed E-state index contributed by atoms with van der Waals surface area (Å²) < 4.78 is 29.6. The second-order valence-corrected chi connectivity index (χ2v) is 7.32. The van der Waals surface area contributed by atoms with Crippen LogP contribution in [0, 0.1) is 5.82 Å². The van der Waals surface area contributed by atoms with Gasteiger partial charge in [-0.15, -0.1) is 0 Å². The summed E-state index contributed by atoms with van der Waals surface area (Å²) in [5, 5.41) is 3.07. The minimum atomic E-state index is -0.551. The van der Waals surface area contributed by atoms with Crippen molar-refractivity contribution in [1.29, 1.82) is 0 Å². The van der Waals surface area contributed by atoms with Crippen molar-refractivity contribution < 1.29 is 28.2 Å². The first-order valence-corrected chi connectivity index (χ1v) is 10.6. The van der Waals surface area contributed by atoms with Crippen LogP contribution in [0.25, 0.3) is 5.57 Å². The van der Waals surface area contributed by atoms with Crippen LogP contribution in [0.15, 0.2) is 72.4 Å². The van der Waals surface area contributed by atoms with E-state index in [0.717, 1.165) is 4.90 Å². The lowest BCUT2D eigenvalue weighted by Gasteiger charge is -2.17. The summed E-state index contributed by atoms with van der Waals surface area (Å²) in [6.07, 6.45) is 0. The van der Waals surface area contributed by atoms with Crippen molar-refractivity contribution in [3.8, 4) is 17.2 Å². The lowest BCUT2D eigenvalue weighted by Crippen LogP contribution is -2.32. The molecule has 8 heteroatoms. The lowest BCUT2D eigenvalue weighted by molar-refractivity contribution is -0.120. The van der Waals surface area contributed by atoms with Gasteiger partial charge in [0.25, 0.3) is 11.8 Å². The maximum Gasteiger partial charge on any atom is 0.282 e. The molecule has 4 rings (SSSR count). The number of anilines is 2. The van der Waals surface area contributed by atoms with E-state index in [2.05, 4.69) is 5.32 Å². The van der Waals surface area contributed by atoms with Gasteiger partial charge in [-0.1, -0.05) is 12.1 Å². The Morgan fingerprint density at radius 1 is 0.853 bits per heavy atom. The van der Waals surface area contributed by atoms with E-state index >= 15 is 0 Å². The molecule has 0 saturated carbocycles. The SMILES string of the molecule is CCOc1ccc(NC2=C(c3ccc(F)cc3)C(=O)N(c3ccc(OC)c(OC)c3)C2=O)cc1. The van der Waals surface area contributed by atoms with Crippen LogP contribution in [-0.4, -0.2) is 32.6 Å². The molecule has 0 saturated heterocycles. The molecule has 1 heterocycles. The number of carbonyl (C=O) groups excluding carboxylic acids is 2. The van der Waals surface area contributed by atoms with Gasteiger partial charge in [0.05, 0.1) is 32.1 Å². The molecular weight excluding hydrogens is 439 g/mol. The monoisotopic (exact) mass is 462 g/mol. The second-order valence-electron chi connectivity index (χ2n) is 7.32. The predicted molar refractivity (Wildman–Crippen MR) is 127 cm³/mol. The second kappa shape index (κ2) is 9.66. The summed E-state index contributed by atoms with van der Waals surface area (Å²) in [7, 11) is 2.97. The molecule has 1 aliphatic heterocycles. The highest BCUT2D eigenvalue weighted by Crippen LogP contribution is 2.37. The minimum Gasteiger partial charge on any atom is -0.494 e. The highest BCUT2D eigenvalue weighted by molar-refractivity contribution is 6.46. The van der Waals surface area contributed by atoms with Gasteiger partial charge >= 0.3 is 0 Å². The van der Waals surface area contributed by atoms with Gasteiger partial charge in [-0.2, -0.15) is 0 Å². The van der Waals surface area contributed by atoms with E-state index < -0.39 is 17.6 Å². The Hall–Kier alpha value is -4.33. The molecular formula is C26H23FN2O5. The number of hydrogen-bond acceptors (Lipinski definition) is 6. The Kier molecular flexibility index (Phi) is 6.49. The maximum atomic E-state index is 13.6. The molecule has 1 N–H and O–H groups in total. The molecule has 1 aliphatic rings. The molecule has 0 fully saturated rings. The van der Waals surface area contributed by atoms with E-state index in [-0.39, 0.29) is 11.3 Å². The molecule has 3 aromatic rings. The number of hydrogen-bond donors (Lipinski definition) is 1. The average Bonchev–Trinajstić information content (AvgIpc) is 3.09. The van der Waals surface area contributed by atoms with Crippen LogP contribution in [0.4, 0.5) is 15.8 Å². The predicted octanol–water partition coefficient (Wildman–Crippen LogP) is 4.64. The standard InChI is InChI=1S/C26H23FN2O5/c1-4-34-20-12-9-18(10-13-20)28-24-23(16-5-7-17(27)8-6-16)25(30)29(26(24)31)19-11-14-21(32-2)22(15-19)33-3/h5-15,28H,4H2,1-3H3. The number of amides is 2. The number of benzene rings is 3. The summed E-state index contributed by atoms with van der Waals surface area (Å²) >= 11 is 0. The Morgan fingerprint density at radius 3 is 2.15 bits per heavy atom. The number of methoxy groups -OCH3 is 2. The lowest BCUT2D eigenvalue weighted by atomic mass is 10.0. The van der Waals surface area contributed by atoms with Gasteiger partial charge in [0.2, 0.25) is 0 Å². The fraction of sp³-hybridized carbons (Fsp3) is 0.154. The van der Waals surface area contributed by atoms with Crippen molar-refractivity contribution in [2.45, 2.75) is 6.92 Å². The molecule has 3 aromatic carbocycles. The Bertz CT molecular complexity index is 1250. The van der Waals surface area contributed by atoms with Gasteiger partial charge < -0.3 is 19.5 Å². The van der Waals surface area contributed by atoms with Crippen molar-refractivity contribution in [3.05, 3.63) is 83.8 Å². The van der Waals surface area contributed by atoms with Crippen LogP contribution in [0.5, 0.6) is 17.2 Å². The fourth-order valence-electron chi connectivity index (χ4n) is 3.67. The topological polar surface area (TPSA) is 77.1 Å². The number of ether oxygens (including phenoxy) is 3. The van der Waals surface area contributed by atoms with Gasteiger partial charge in [-0.25, -0.2) is 9.29 Å². The number of imide groups is 1. The van der Waals surface area contributed by atoms with E-state index in [1.807, 2.05) is 6.92 Å². The van der Waals surface area contributed by atoms with Crippen molar-refractivity contribution in [2.24, 2.45) is 0 Å². The molecule has 0 aromatic heterocycles. The third-order valence-corrected chi connectivity index (χ3v) is 5.28. The third-order valence-electron chi connectivity index (χ3n) is 5.28. The Morgan fingerprint density at radius 2 is 1.53 bits per heavy atom. The van der Waals surface area contributed by atoms with Gasteiger partial charge in [0.15, 0.2) is 11.5 Å². The summed E-state index contributed by atoms with van der Waals surface area (Å²) in [5.41, 5.74) is 1.53. The summed E-state index contributed by atoms with van der Waals surface area (Å²) in [5.74, 6) is -0.0233. The molecule has 2 amide bonds. The molecule has 34 heavy (non-hydrogen) atoms. The summed E-state index contributed by atoms with van der Waals surface area (Å²) in [4.78, 5) is 28.1. The van der Waals surface area contributed by atoms with Crippen LogP contribution in [0.1, 0.15) is 12.5 Å². The Labute approximate surface area is 196 Å². The van der Waals surface area contributed by atoms with Gasteiger partial charge in [-0.05, 0) is 61.0 Å². The molecule has 7 nitrogen and oxygen atoms in total. The van der Waals surface area contributed by atoms with Crippen LogP contribution in [0.3, 0.4) is 0 Å². The number of nitrogens with zero attached hydrogens (tertiary/aromatic N) is 1. The smallest absolute Gasteiger partial charge is 0.282 e. The average molecular weight is 462 g/mol. The third kappa shape index (κ3) is 4.30. The first-order chi connectivity index (χ1) is 16.5. The zero-order valence-corrected chi connectivity index (χ0v) is 18.9. The van der Waals surface area contributed by atoms with Crippen molar-refractivity contribution in [2.75, 3.05) is 31.0 Å². The van der Waals surface area contributed by atoms with Gasteiger partial charge in [0, 0.05) is 11.8 Å². The summed E-state index contributed by atoms with van der Waals surface area (Å²) in [6, 6.07) is 17.2. The minimum absolute atomic E-state index is 0.0792. The summed E-state index contributed by atoms with van der Waals surface area (Å²) in [6.45, 7) is 2.41. The van der Waals surface area contributed by atoms with Gasteiger partial charge in [0.1, 0.15) is 17.3 Å². The van der Waals surface area contributed by atoms with Gasteiger partial charge in [-0.3, -0.25) is 9.59 Å². The van der Waals surface area contributed by atoms with Crippen LogP contribution < -0.4 is 24.4 Å². The molecule has 0 unspecified atom stereocenters. The van der Waals surface area contributed by atoms with E-state index in [9.17, 15) is 14.0 Å². The maximum absolute atomic E-state index is 13.6.